The second kappa shape index (κ2) is 6.12. The molecule has 0 radical (unpaired) electrons. The van der Waals surface area contributed by atoms with Crippen LogP contribution in [0.3, 0.4) is 0 Å². The highest BCUT2D eigenvalue weighted by Gasteiger charge is 2.12. The predicted molar refractivity (Wildman–Crippen MR) is 79.1 cm³/mol. The lowest BCUT2D eigenvalue weighted by molar-refractivity contribution is 0.819. The number of hydrogen-bond donors (Lipinski definition) is 2. The molecule has 0 saturated heterocycles. The van der Waals surface area contributed by atoms with Gasteiger partial charge in [0.2, 0.25) is 0 Å². The SMILES string of the molecule is CC(C)Sc1ccc(C(CN)c2cc[nH]c2)cc1. The Balaban J connectivity index is 2.17. The minimum atomic E-state index is 0.286. The van der Waals surface area contributed by atoms with Crippen LogP contribution in [-0.4, -0.2) is 16.8 Å². The zero-order chi connectivity index (χ0) is 13.0. The molecular formula is C15H20N2S. The van der Waals surface area contributed by atoms with Gasteiger partial charge in [0.25, 0.3) is 0 Å². The molecule has 2 aromatic rings. The number of thioether (sulfide) groups is 1. The molecule has 0 saturated carbocycles. The molecule has 1 heterocycles. The Hall–Kier alpha value is -1.19. The number of H-pyrrole nitrogens is 1. The number of benzene rings is 1. The lowest BCUT2D eigenvalue weighted by atomic mass is 9.93. The molecule has 3 heteroatoms. The van der Waals surface area contributed by atoms with Crippen molar-refractivity contribution in [1.29, 1.82) is 0 Å². The van der Waals surface area contributed by atoms with Gasteiger partial charge in [0.05, 0.1) is 0 Å². The van der Waals surface area contributed by atoms with Crippen molar-refractivity contribution in [3.63, 3.8) is 0 Å². The van der Waals surface area contributed by atoms with E-state index in [1.807, 2.05) is 24.2 Å². The van der Waals surface area contributed by atoms with Gasteiger partial charge in [0.1, 0.15) is 0 Å². The molecule has 0 amide bonds. The van der Waals surface area contributed by atoms with E-state index in [4.69, 9.17) is 5.73 Å². The number of nitrogens with two attached hydrogens (primary N) is 1. The standard InChI is InChI=1S/C15H20N2S/c1-11(2)18-14-5-3-12(4-6-14)15(9-16)13-7-8-17-10-13/h3-8,10-11,15,17H,9,16H2,1-2H3. The van der Waals surface area contributed by atoms with E-state index in [2.05, 4.69) is 49.2 Å². The largest absolute Gasteiger partial charge is 0.367 e. The van der Waals surface area contributed by atoms with Gasteiger partial charge < -0.3 is 10.7 Å². The van der Waals surface area contributed by atoms with E-state index < -0.39 is 0 Å². The normalized spacial score (nSPS) is 12.9. The van der Waals surface area contributed by atoms with Crippen molar-refractivity contribution < 1.29 is 0 Å². The average molecular weight is 260 g/mol. The summed E-state index contributed by atoms with van der Waals surface area (Å²) >= 11 is 1.89. The van der Waals surface area contributed by atoms with Gasteiger partial charge in [-0.3, -0.25) is 0 Å². The number of hydrogen-bond acceptors (Lipinski definition) is 2. The maximum atomic E-state index is 5.90. The van der Waals surface area contributed by atoms with Crippen LogP contribution in [0.5, 0.6) is 0 Å². The summed E-state index contributed by atoms with van der Waals surface area (Å²) in [5.41, 5.74) is 8.43. The van der Waals surface area contributed by atoms with Crippen LogP contribution < -0.4 is 5.73 Å². The summed E-state index contributed by atoms with van der Waals surface area (Å²) in [6.07, 6.45) is 3.97. The number of aromatic amines is 1. The summed E-state index contributed by atoms with van der Waals surface area (Å²) in [6.45, 7) is 5.05. The third-order valence-corrected chi connectivity index (χ3v) is 3.93. The van der Waals surface area contributed by atoms with Crippen LogP contribution in [0.2, 0.25) is 0 Å². The maximum absolute atomic E-state index is 5.90. The van der Waals surface area contributed by atoms with E-state index in [1.54, 1.807) is 0 Å². The van der Waals surface area contributed by atoms with Crippen LogP contribution in [0.4, 0.5) is 0 Å². The van der Waals surface area contributed by atoms with E-state index in [-0.39, 0.29) is 5.92 Å². The first-order valence-electron chi connectivity index (χ1n) is 6.30. The van der Waals surface area contributed by atoms with Crippen molar-refractivity contribution in [2.75, 3.05) is 6.54 Å². The molecule has 2 rings (SSSR count). The second-order valence-electron chi connectivity index (χ2n) is 4.67. The van der Waals surface area contributed by atoms with Crippen LogP contribution in [-0.2, 0) is 0 Å². The number of nitrogens with one attached hydrogen (secondary N) is 1. The highest BCUT2D eigenvalue weighted by molar-refractivity contribution is 7.99. The third kappa shape index (κ3) is 3.18. The van der Waals surface area contributed by atoms with Crippen molar-refractivity contribution in [3.8, 4) is 0 Å². The molecule has 1 unspecified atom stereocenters. The fourth-order valence-electron chi connectivity index (χ4n) is 2.07. The first-order chi connectivity index (χ1) is 8.70. The van der Waals surface area contributed by atoms with E-state index in [0.29, 0.717) is 11.8 Å². The Bertz CT molecular complexity index is 460. The van der Waals surface area contributed by atoms with E-state index >= 15 is 0 Å². The van der Waals surface area contributed by atoms with Crippen LogP contribution in [0.15, 0.2) is 47.6 Å². The Kier molecular flexibility index (Phi) is 4.50. The molecule has 2 nitrogen and oxygen atoms in total. The average Bonchev–Trinajstić information content (AvgIpc) is 2.85. The summed E-state index contributed by atoms with van der Waals surface area (Å²) in [4.78, 5) is 4.41. The van der Waals surface area contributed by atoms with E-state index in [0.717, 1.165) is 0 Å². The zero-order valence-electron chi connectivity index (χ0n) is 10.9. The fourth-order valence-corrected chi connectivity index (χ4v) is 2.91. The van der Waals surface area contributed by atoms with Gasteiger partial charge in [0, 0.05) is 35.0 Å². The first-order valence-corrected chi connectivity index (χ1v) is 7.18. The van der Waals surface area contributed by atoms with Gasteiger partial charge in [-0.15, -0.1) is 11.8 Å². The number of aromatic nitrogens is 1. The molecule has 0 fully saturated rings. The lowest BCUT2D eigenvalue weighted by Crippen LogP contribution is -2.13. The summed E-state index contributed by atoms with van der Waals surface area (Å²) in [6, 6.07) is 10.9. The van der Waals surface area contributed by atoms with Crippen LogP contribution in [0.25, 0.3) is 0 Å². The van der Waals surface area contributed by atoms with Crippen molar-refractivity contribution in [2.24, 2.45) is 5.73 Å². The lowest BCUT2D eigenvalue weighted by Gasteiger charge is -2.14. The predicted octanol–water partition coefficient (Wildman–Crippen LogP) is 3.61. The smallest absolute Gasteiger partial charge is 0.0227 e. The monoisotopic (exact) mass is 260 g/mol. The van der Waals surface area contributed by atoms with Gasteiger partial charge >= 0.3 is 0 Å². The Morgan fingerprint density at radius 2 is 1.83 bits per heavy atom. The molecule has 3 N–H and O–H groups in total. The number of rotatable bonds is 5. The van der Waals surface area contributed by atoms with Crippen molar-refractivity contribution in [1.82, 2.24) is 4.98 Å². The van der Waals surface area contributed by atoms with Gasteiger partial charge in [-0.05, 0) is 29.3 Å². The van der Waals surface area contributed by atoms with Crippen molar-refractivity contribution in [3.05, 3.63) is 53.9 Å². The topological polar surface area (TPSA) is 41.8 Å². The maximum Gasteiger partial charge on any atom is 0.0227 e. The molecule has 0 aliphatic heterocycles. The molecule has 1 aromatic carbocycles. The summed E-state index contributed by atoms with van der Waals surface area (Å²) in [5.74, 6) is 0.286. The Labute approximate surface area is 113 Å². The molecule has 1 aromatic heterocycles. The minimum absolute atomic E-state index is 0.286. The Morgan fingerprint density at radius 1 is 1.11 bits per heavy atom. The highest BCUT2D eigenvalue weighted by Crippen LogP contribution is 2.27. The van der Waals surface area contributed by atoms with E-state index in [1.165, 1.54) is 16.0 Å². The van der Waals surface area contributed by atoms with Crippen molar-refractivity contribution in [2.45, 2.75) is 29.9 Å². The highest BCUT2D eigenvalue weighted by atomic mass is 32.2. The Morgan fingerprint density at radius 3 is 2.33 bits per heavy atom. The van der Waals surface area contributed by atoms with E-state index in [9.17, 15) is 0 Å². The molecule has 0 aliphatic rings. The van der Waals surface area contributed by atoms with Gasteiger partial charge in [-0.25, -0.2) is 0 Å². The molecule has 0 bridgehead atoms. The second-order valence-corrected chi connectivity index (χ2v) is 6.32. The third-order valence-electron chi connectivity index (χ3n) is 2.91. The molecule has 1 atom stereocenters. The molecular weight excluding hydrogens is 240 g/mol. The minimum Gasteiger partial charge on any atom is -0.367 e. The quantitative estimate of drug-likeness (QED) is 0.806. The molecule has 0 spiro atoms. The molecule has 0 aliphatic carbocycles. The van der Waals surface area contributed by atoms with Gasteiger partial charge in [-0.1, -0.05) is 26.0 Å². The fraction of sp³-hybridized carbons (Fsp3) is 0.333. The summed E-state index contributed by atoms with van der Waals surface area (Å²) < 4.78 is 0. The zero-order valence-corrected chi connectivity index (χ0v) is 11.7. The van der Waals surface area contributed by atoms with Crippen LogP contribution >= 0.6 is 11.8 Å². The van der Waals surface area contributed by atoms with Crippen LogP contribution in [0.1, 0.15) is 30.9 Å². The van der Waals surface area contributed by atoms with Crippen LogP contribution in [0, 0.1) is 0 Å². The van der Waals surface area contributed by atoms with Crippen molar-refractivity contribution >= 4 is 11.8 Å². The summed E-state index contributed by atoms with van der Waals surface area (Å²) in [7, 11) is 0. The molecule has 96 valence electrons. The van der Waals surface area contributed by atoms with Gasteiger partial charge in [0.15, 0.2) is 0 Å². The van der Waals surface area contributed by atoms with Gasteiger partial charge in [-0.2, -0.15) is 0 Å². The molecule has 18 heavy (non-hydrogen) atoms. The summed E-state index contributed by atoms with van der Waals surface area (Å²) in [5, 5.41) is 0.617. The first kappa shape index (κ1) is 13.2.